The Morgan fingerprint density at radius 2 is 1.84 bits per heavy atom. The molecule has 94 valence electrons. The highest BCUT2D eigenvalue weighted by atomic mass is 16.6. The van der Waals surface area contributed by atoms with Gasteiger partial charge in [-0.1, -0.05) is 6.07 Å². The van der Waals surface area contributed by atoms with Gasteiger partial charge < -0.3 is 4.40 Å². The van der Waals surface area contributed by atoms with E-state index in [1.54, 1.807) is 12.1 Å². The van der Waals surface area contributed by atoms with Crippen LogP contribution in [0.2, 0.25) is 0 Å². The Labute approximate surface area is 110 Å². The van der Waals surface area contributed by atoms with Gasteiger partial charge >= 0.3 is 0 Å². The van der Waals surface area contributed by atoms with E-state index in [9.17, 15) is 10.1 Å². The van der Waals surface area contributed by atoms with Gasteiger partial charge in [0.05, 0.1) is 4.92 Å². The Balaban J connectivity index is 2.09. The molecule has 2 heterocycles. The standard InChI is InChI=1S/C15H12N2O2/c1-11-3-2-8-16-10-13(9-15(11)16)12-4-6-14(7-5-12)17(18)19/h2-10H,1H3. The van der Waals surface area contributed by atoms with Gasteiger partial charge in [0.2, 0.25) is 0 Å². The molecule has 19 heavy (non-hydrogen) atoms. The predicted molar refractivity (Wildman–Crippen MR) is 74.2 cm³/mol. The molecule has 0 fully saturated rings. The summed E-state index contributed by atoms with van der Waals surface area (Å²) in [5.41, 5.74) is 4.51. The zero-order valence-electron chi connectivity index (χ0n) is 10.4. The largest absolute Gasteiger partial charge is 0.323 e. The highest BCUT2D eigenvalue weighted by molar-refractivity contribution is 5.72. The van der Waals surface area contributed by atoms with E-state index in [0.717, 1.165) is 16.6 Å². The van der Waals surface area contributed by atoms with E-state index in [4.69, 9.17) is 0 Å². The monoisotopic (exact) mass is 252 g/mol. The van der Waals surface area contributed by atoms with Crippen LogP contribution in [0.5, 0.6) is 0 Å². The lowest BCUT2D eigenvalue weighted by molar-refractivity contribution is -0.384. The summed E-state index contributed by atoms with van der Waals surface area (Å²) in [5, 5.41) is 10.6. The molecule has 4 heteroatoms. The third kappa shape index (κ3) is 1.97. The van der Waals surface area contributed by atoms with Crippen molar-refractivity contribution in [1.29, 1.82) is 0 Å². The molecule has 0 aliphatic rings. The molecule has 1 aromatic carbocycles. The Morgan fingerprint density at radius 3 is 2.47 bits per heavy atom. The second kappa shape index (κ2) is 4.24. The van der Waals surface area contributed by atoms with Crippen LogP contribution in [0.3, 0.4) is 0 Å². The van der Waals surface area contributed by atoms with Crippen molar-refractivity contribution in [3.63, 3.8) is 0 Å². The molecule has 0 aliphatic carbocycles. The molecule has 0 N–H and O–H groups in total. The van der Waals surface area contributed by atoms with E-state index in [-0.39, 0.29) is 10.6 Å². The van der Waals surface area contributed by atoms with Gasteiger partial charge in [-0.25, -0.2) is 0 Å². The van der Waals surface area contributed by atoms with Gasteiger partial charge in [0.1, 0.15) is 0 Å². The van der Waals surface area contributed by atoms with Crippen LogP contribution in [0.4, 0.5) is 5.69 Å². The lowest BCUT2D eigenvalue weighted by Gasteiger charge is -1.96. The highest BCUT2D eigenvalue weighted by Crippen LogP contribution is 2.25. The fraction of sp³-hybridized carbons (Fsp3) is 0.0667. The van der Waals surface area contributed by atoms with Crippen LogP contribution in [0, 0.1) is 17.0 Å². The van der Waals surface area contributed by atoms with Gasteiger partial charge in [-0.15, -0.1) is 0 Å². The lowest BCUT2D eigenvalue weighted by Crippen LogP contribution is -1.86. The first-order chi connectivity index (χ1) is 9.15. The first kappa shape index (κ1) is 11.5. The molecular formula is C15H12N2O2. The average Bonchev–Trinajstić information content (AvgIpc) is 2.84. The summed E-state index contributed by atoms with van der Waals surface area (Å²) in [6.07, 6.45) is 4.03. The lowest BCUT2D eigenvalue weighted by atomic mass is 10.1. The van der Waals surface area contributed by atoms with Crippen molar-refractivity contribution >= 4 is 11.2 Å². The van der Waals surface area contributed by atoms with Crippen LogP contribution >= 0.6 is 0 Å². The van der Waals surface area contributed by atoms with E-state index in [2.05, 4.69) is 23.5 Å². The van der Waals surface area contributed by atoms with Gasteiger partial charge in [0, 0.05) is 35.6 Å². The van der Waals surface area contributed by atoms with Gasteiger partial charge in [-0.3, -0.25) is 10.1 Å². The number of benzene rings is 1. The molecule has 2 aromatic heterocycles. The number of aromatic nitrogens is 1. The summed E-state index contributed by atoms with van der Waals surface area (Å²) in [5.74, 6) is 0. The van der Waals surface area contributed by atoms with E-state index in [1.807, 2.05) is 18.5 Å². The zero-order chi connectivity index (χ0) is 13.4. The number of rotatable bonds is 2. The first-order valence-corrected chi connectivity index (χ1v) is 5.97. The Morgan fingerprint density at radius 1 is 1.11 bits per heavy atom. The van der Waals surface area contributed by atoms with Gasteiger partial charge in [-0.05, 0) is 42.3 Å². The molecule has 4 nitrogen and oxygen atoms in total. The zero-order valence-corrected chi connectivity index (χ0v) is 10.4. The van der Waals surface area contributed by atoms with E-state index in [1.165, 1.54) is 17.7 Å². The molecule has 0 aliphatic heterocycles. The maximum Gasteiger partial charge on any atom is 0.269 e. The molecule has 0 amide bonds. The molecule has 3 aromatic rings. The molecule has 0 spiro atoms. The molecule has 0 atom stereocenters. The number of fused-ring (bicyclic) bond motifs is 1. The molecule has 0 bridgehead atoms. The third-order valence-corrected chi connectivity index (χ3v) is 3.26. The number of nitrogens with zero attached hydrogens (tertiary/aromatic N) is 2. The molecular weight excluding hydrogens is 240 g/mol. The molecule has 0 saturated carbocycles. The summed E-state index contributed by atoms with van der Waals surface area (Å²) in [6.45, 7) is 2.06. The number of non-ortho nitro benzene ring substituents is 1. The van der Waals surface area contributed by atoms with E-state index >= 15 is 0 Å². The smallest absolute Gasteiger partial charge is 0.269 e. The predicted octanol–water partition coefficient (Wildman–Crippen LogP) is 3.82. The summed E-state index contributed by atoms with van der Waals surface area (Å²) >= 11 is 0. The van der Waals surface area contributed by atoms with Crippen LogP contribution in [-0.2, 0) is 0 Å². The Kier molecular flexibility index (Phi) is 2.56. The fourth-order valence-corrected chi connectivity index (χ4v) is 2.22. The van der Waals surface area contributed by atoms with Gasteiger partial charge in [-0.2, -0.15) is 0 Å². The van der Waals surface area contributed by atoms with Crippen molar-refractivity contribution in [2.24, 2.45) is 0 Å². The van der Waals surface area contributed by atoms with Crippen molar-refractivity contribution in [2.45, 2.75) is 6.92 Å². The minimum absolute atomic E-state index is 0.115. The minimum Gasteiger partial charge on any atom is -0.323 e. The van der Waals surface area contributed by atoms with Crippen molar-refractivity contribution in [3.8, 4) is 11.1 Å². The van der Waals surface area contributed by atoms with Crippen molar-refractivity contribution in [3.05, 3.63) is 70.5 Å². The quantitative estimate of drug-likeness (QED) is 0.514. The maximum absolute atomic E-state index is 10.6. The van der Waals surface area contributed by atoms with E-state index in [0.29, 0.717) is 0 Å². The van der Waals surface area contributed by atoms with Gasteiger partial charge in [0.15, 0.2) is 0 Å². The number of nitro benzene ring substituents is 1. The van der Waals surface area contributed by atoms with E-state index < -0.39 is 0 Å². The number of hydrogen-bond acceptors (Lipinski definition) is 2. The number of nitro groups is 1. The second-order valence-electron chi connectivity index (χ2n) is 4.52. The number of pyridine rings is 1. The normalized spacial score (nSPS) is 10.8. The minimum atomic E-state index is -0.385. The molecule has 0 saturated heterocycles. The van der Waals surface area contributed by atoms with Crippen LogP contribution in [-0.4, -0.2) is 9.32 Å². The SMILES string of the molecule is Cc1cccn2cc(-c3ccc([N+](=O)[O-])cc3)cc12. The van der Waals surface area contributed by atoms with Crippen LogP contribution in [0.25, 0.3) is 16.6 Å². The summed E-state index contributed by atoms with van der Waals surface area (Å²) in [4.78, 5) is 10.3. The summed E-state index contributed by atoms with van der Waals surface area (Å²) in [7, 11) is 0. The van der Waals surface area contributed by atoms with Crippen molar-refractivity contribution in [2.75, 3.05) is 0 Å². The summed E-state index contributed by atoms with van der Waals surface area (Å²) in [6, 6.07) is 12.8. The fourth-order valence-electron chi connectivity index (χ4n) is 2.22. The van der Waals surface area contributed by atoms with Gasteiger partial charge in [0.25, 0.3) is 5.69 Å². The number of aryl methyl sites for hydroxylation is 1. The highest BCUT2D eigenvalue weighted by Gasteiger charge is 2.07. The topological polar surface area (TPSA) is 47.5 Å². The molecule has 3 rings (SSSR count). The third-order valence-electron chi connectivity index (χ3n) is 3.26. The Bertz CT molecular complexity index is 757. The second-order valence-corrected chi connectivity index (χ2v) is 4.52. The number of hydrogen-bond donors (Lipinski definition) is 0. The average molecular weight is 252 g/mol. The van der Waals surface area contributed by atoms with Crippen LogP contribution in [0.15, 0.2) is 54.9 Å². The van der Waals surface area contributed by atoms with Crippen molar-refractivity contribution < 1.29 is 4.92 Å². The van der Waals surface area contributed by atoms with Crippen LogP contribution < -0.4 is 0 Å². The maximum atomic E-state index is 10.6. The van der Waals surface area contributed by atoms with Crippen LogP contribution in [0.1, 0.15) is 5.56 Å². The molecule has 0 unspecified atom stereocenters. The van der Waals surface area contributed by atoms with Crippen molar-refractivity contribution in [1.82, 2.24) is 4.40 Å². The Hall–Kier alpha value is -2.62. The summed E-state index contributed by atoms with van der Waals surface area (Å²) < 4.78 is 2.06. The molecule has 0 radical (unpaired) electrons. The first-order valence-electron chi connectivity index (χ1n) is 5.97.